The van der Waals surface area contributed by atoms with Crippen LogP contribution >= 0.6 is 0 Å². The summed E-state index contributed by atoms with van der Waals surface area (Å²) in [6, 6.07) is 7.92. The van der Waals surface area contributed by atoms with Crippen LogP contribution in [-0.2, 0) is 16.1 Å². The van der Waals surface area contributed by atoms with Crippen molar-refractivity contribution >= 4 is 5.91 Å². The third kappa shape index (κ3) is 6.79. The van der Waals surface area contributed by atoms with E-state index in [-0.39, 0.29) is 12.7 Å². The molecule has 0 atom stereocenters. The summed E-state index contributed by atoms with van der Waals surface area (Å²) in [7, 11) is 0. The molecule has 3 N–H and O–H groups in total. The standard InChI is InChI=1S/C14H22N2O3/c1-11(2)19-13-6-4-3-5-12(13)9-16-7-8-18-10-14(15)17/h3-6,11,16H,7-10H2,1-2H3,(H2,15,17). The Balaban J connectivity index is 2.30. The molecule has 1 rings (SSSR count). The zero-order valence-corrected chi connectivity index (χ0v) is 11.5. The molecule has 0 bridgehead atoms. The van der Waals surface area contributed by atoms with Crippen LogP contribution in [0.2, 0.25) is 0 Å². The van der Waals surface area contributed by atoms with Crippen LogP contribution in [0.25, 0.3) is 0 Å². The lowest BCUT2D eigenvalue weighted by molar-refractivity contribution is -0.122. The van der Waals surface area contributed by atoms with Crippen molar-refractivity contribution < 1.29 is 14.3 Å². The number of amides is 1. The van der Waals surface area contributed by atoms with Crippen molar-refractivity contribution in [1.29, 1.82) is 0 Å². The van der Waals surface area contributed by atoms with E-state index in [2.05, 4.69) is 5.32 Å². The zero-order valence-electron chi connectivity index (χ0n) is 11.5. The average molecular weight is 266 g/mol. The van der Waals surface area contributed by atoms with Gasteiger partial charge in [0, 0.05) is 18.7 Å². The molecule has 0 aliphatic rings. The van der Waals surface area contributed by atoms with Gasteiger partial charge in [0.2, 0.25) is 5.91 Å². The maximum atomic E-state index is 10.5. The number of carbonyl (C=O) groups excluding carboxylic acids is 1. The van der Waals surface area contributed by atoms with Crippen molar-refractivity contribution in [3.8, 4) is 5.75 Å². The van der Waals surface area contributed by atoms with Crippen LogP contribution in [0.3, 0.4) is 0 Å². The van der Waals surface area contributed by atoms with E-state index < -0.39 is 5.91 Å². The highest BCUT2D eigenvalue weighted by Crippen LogP contribution is 2.18. The molecule has 0 saturated heterocycles. The minimum atomic E-state index is -0.448. The highest BCUT2D eigenvalue weighted by atomic mass is 16.5. The van der Waals surface area contributed by atoms with Crippen LogP contribution in [0.5, 0.6) is 5.75 Å². The summed E-state index contributed by atoms with van der Waals surface area (Å²) < 4.78 is 10.8. The van der Waals surface area contributed by atoms with Crippen molar-refractivity contribution in [2.24, 2.45) is 5.73 Å². The van der Waals surface area contributed by atoms with E-state index in [0.717, 1.165) is 11.3 Å². The van der Waals surface area contributed by atoms with E-state index in [1.807, 2.05) is 38.1 Å². The number of rotatable bonds is 9. The van der Waals surface area contributed by atoms with Crippen LogP contribution in [0.15, 0.2) is 24.3 Å². The Morgan fingerprint density at radius 3 is 2.79 bits per heavy atom. The molecule has 0 aliphatic heterocycles. The first kappa shape index (κ1) is 15.5. The Morgan fingerprint density at radius 1 is 1.37 bits per heavy atom. The quantitative estimate of drug-likeness (QED) is 0.656. The molecular weight excluding hydrogens is 244 g/mol. The number of para-hydroxylation sites is 1. The number of nitrogens with one attached hydrogen (secondary N) is 1. The van der Waals surface area contributed by atoms with Crippen molar-refractivity contribution in [3.05, 3.63) is 29.8 Å². The lowest BCUT2D eigenvalue weighted by atomic mass is 10.2. The fourth-order valence-electron chi connectivity index (χ4n) is 1.56. The molecule has 0 unspecified atom stereocenters. The minimum Gasteiger partial charge on any atom is -0.491 e. The van der Waals surface area contributed by atoms with Crippen LogP contribution in [0, 0.1) is 0 Å². The van der Waals surface area contributed by atoms with Crippen LogP contribution in [0.1, 0.15) is 19.4 Å². The van der Waals surface area contributed by atoms with Gasteiger partial charge < -0.3 is 20.5 Å². The molecule has 0 aliphatic carbocycles. The van der Waals surface area contributed by atoms with Gasteiger partial charge in [-0.05, 0) is 19.9 Å². The fraction of sp³-hybridized carbons (Fsp3) is 0.500. The van der Waals surface area contributed by atoms with Gasteiger partial charge in [0.15, 0.2) is 0 Å². The number of nitrogens with two attached hydrogens (primary N) is 1. The molecule has 1 aromatic carbocycles. The summed E-state index contributed by atoms with van der Waals surface area (Å²) >= 11 is 0. The van der Waals surface area contributed by atoms with E-state index in [0.29, 0.717) is 19.7 Å². The number of hydrogen-bond donors (Lipinski definition) is 2. The van der Waals surface area contributed by atoms with Crippen molar-refractivity contribution in [2.75, 3.05) is 19.8 Å². The molecule has 0 spiro atoms. The van der Waals surface area contributed by atoms with Gasteiger partial charge in [0.1, 0.15) is 12.4 Å². The Labute approximate surface area is 114 Å². The second-order valence-electron chi connectivity index (χ2n) is 4.47. The van der Waals surface area contributed by atoms with Gasteiger partial charge in [-0.25, -0.2) is 0 Å². The van der Waals surface area contributed by atoms with E-state index in [1.54, 1.807) is 0 Å². The zero-order chi connectivity index (χ0) is 14.1. The van der Waals surface area contributed by atoms with Crippen LogP contribution in [-0.4, -0.2) is 31.8 Å². The summed E-state index contributed by atoms with van der Waals surface area (Å²) in [6.45, 7) is 5.78. The summed E-state index contributed by atoms with van der Waals surface area (Å²) in [5, 5.41) is 3.23. The predicted molar refractivity (Wildman–Crippen MR) is 73.9 cm³/mol. The number of primary amides is 1. The van der Waals surface area contributed by atoms with E-state index in [4.69, 9.17) is 15.2 Å². The predicted octanol–water partition coefficient (Wildman–Crippen LogP) is 1.07. The lowest BCUT2D eigenvalue weighted by Crippen LogP contribution is -2.24. The van der Waals surface area contributed by atoms with Gasteiger partial charge in [0.25, 0.3) is 0 Å². The molecule has 1 aromatic rings. The van der Waals surface area contributed by atoms with Gasteiger partial charge >= 0.3 is 0 Å². The number of ether oxygens (including phenoxy) is 2. The molecule has 0 fully saturated rings. The molecule has 0 saturated carbocycles. The average Bonchev–Trinajstić information content (AvgIpc) is 2.34. The first-order valence-electron chi connectivity index (χ1n) is 6.41. The van der Waals surface area contributed by atoms with E-state index >= 15 is 0 Å². The Hall–Kier alpha value is -1.59. The number of hydrogen-bond acceptors (Lipinski definition) is 4. The SMILES string of the molecule is CC(C)Oc1ccccc1CNCCOCC(N)=O. The summed E-state index contributed by atoms with van der Waals surface area (Å²) in [6.07, 6.45) is 0.153. The molecule has 1 amide bonds. The number of benzene rings is 1. The van der Waals surface area contributed by atoms with Crippen molar-refractivity contribution in [1.82, 2.24) is 5.32 Å². The lowest BCUT2D eigenvalue weighted by Gasteiger charge is -2.14. The smallest absolute Gasteiger partial charge is 0.243 e. The third-order valence-electron chi connectivity index (χ3n) is 2.32. The molecule has 106 valence electrons. The highest BCUT2D eigenvalue weighted by molar-refractivity contribution is 5.74. The summed E-state index contributed by atoms with van der Waals surface area (Å²) in [5.74, 6) is 0.443. The second kappa shape index (κ2) is 8.50. The normalized spacial score (nSPS) is 10.7. The minimum absolute atomic E-state index is 0.0330. The molecular formula is C14H22N2O3. The van der Waals surface area contributed by atoms with Crippen molar-refractivity contribution in [3.63, 3.8) is 0 Å². The maximum absolute atomic E-state index is 10.5. The first-order valence-corrected chi connectivity index (χ1v) is 6.41. The van der Waals surface area contributed by atoms with Crippen LogP contribution < -0.4 is 15.8 Å². The summed E-state index contributed by atoms with van der Waals surface area (Å²) in [5.41, 5.74) is 6.07. The Morgan fingerprint density at radius 2 is 2.11 bits per heavy atom. The maximum Gasteiger partial charge on any atom is 0.243 e. The largest absolute Gasteiger partial charge is 0.491 e. The number of carbonyl (C=O) groups is 1. The first-order chi connectivity index (χ1) is 9.09. The molecule has 0 heterocycles. The van der Waals surface area contributed by atoms with Crippen molar-refractivity contribution in [2.45, 2.75) is 26.5 Å². The van der Waals surface area contributed by atoms with Gasteiger partial charge in [-0.15, -0.1) is 0 Å². The van der Waals surface area contributed by atoms with E-state index in [9.17, 15) is 4.79 Å². The second-order valence-corrected chi connectivity index (χ2v) is 4.47. The van der Waals surface area contributed by atoms with Gasteiger partial charge in [-0.1, -0.05) is 18.2 Å². The molecule has 0 aromatic heterocycles. The molecule has 5 heteroatoms. The van der Waals surface area contributed by atoms with E-state index in [1.165, 1.54) is 0 Å². The Kier molecular flexibility index (Phi) is 6.92. The highest BCUT2D eigenvalue weighted by Gasteiger charge is 2.04. The summed E-state index contributed by atoms with van der Waals surface area (Å²) in [4.78, 5) is 10.5. The van der Waals surface area contributed by atoms with Gasteiger partial charge in [-0.2, -0.15) is 0 Å². The van der Waals surface area contributed by atoms with Crippen LogP contribution in [0.4, 0.5) is 0 Å². The van der Waals surface area contributed by atoms with Gasteiger partial charge in [0.05, 0.1) is 12.7 Å². The fourth-order valence-corrected chi connectivity index (χ4v) is 1.56. The monoisotopic (exact) mass is 266 g/mol. The third-order valence-corrected chi connectivity index (χ3v) is 2.32. The molecule has 19 heavy (non-hydrogen) atoms. The Bertz CT molecular complexity index is 394. The molecule has 0 radical (unpaired) electrons. The van der Waals surface area contributed by atoms with Gasteiger partial charge in [-0.3, -0.25) is 4.79 Å². The molecule has 5 nitrogen and oxygen atoms in total. The topological polar surface area (TPSA) is 73.6 Å².